The Hall–Kier alpha value is -2.23. The molecule has 108 valence electrons. The maximum absolute atomic E-state index is 13.8. The summed E-state index contributed by atoms with van der Waals surface area (Å²) < 4.78 is 19.0. The van der Waals surface area contributed by atoms with Crippen molar-refractivity contribution < 1.29 is 9.13 Å². The van der Waals surface area contributed by atoms with E-state index in [0.29, 0.717) is 18.2 Å². The predicted octanol–water partition coefficient (Wildman–Crippen LogP) is 3.42. The number of rotatable bonds is 5. The van der Waals surface area contributed by atoms with Crippen LogP contribution >= 0.6 is 11.6 Å². The van der Waals surface area contributed by atoms with E-state index in [2.05, 4.69) is 15.3 Å². The van der Waals surface area contributed by atoms with E-state index in [9.17, 15) is 4.39 Å². The first-order valence-electron chi connectivity index (χ1n) is 6.20. The molecule has 0 unspecified atom stereocenters. The number of ether oxygens (including phenoxy) is 1. The minimum Gasteiger partial charge on any atom is -0.374 e. The minimum atomic E-state index is -0.546. The average Bonchev–Trinajstić information content (AvgIpc) is 2.46. The highest BCUT2D eigenvalue weighted by Gasteiger charge is 2.08. The summed E-state index contributed by atoms with van der Waals surface area (Å²) in [4.78, 5) is 8.20. The molecule has 1 aromatic carbocycles. The van der Waals surface area contributed by atoms with Crippen LogP contribution in [0, 0.1) is 17.1 Å². The van der Waals surface area contributed by atoms with Crippen molar-refractivity contribution in [1.82, 2.24) is 9.97 Å². The molecule has 0 radical (unpaired) electrons. The van der Waals surface area contributed by atoms with Crippen molar-refractivity contribution in [1.29, 1.82) is 5.26 Å². The zero-order valence-corrected chi connectivity index (χ0v) is 12.0. The molecule has 0 bridgehead atoms. The number of halogens is 2. The first-order valence-corrected chi connectivity index (χ1v) is 6.58. The first kappa shape index (κ1) is 15.2. The summed E-state index contributed by atoms with van der Waals surface area (Å²) in [5.41, 5.74) is 0.446. The van der Waals surface area contributed by atoms with E-state index in [4.69, 9.17) is 21.6 Å². The van der Waals surface area contributed by atoms with Crippen LogP contribution in [-0.2, 0) is 11.3 Å². The highest BCUT2D eigenvalue weighted by atomic mass is 35.5. The second-order valence-corrected chi connectivity index (χ2v) is 4.45. The van der Waals surface area contributed by atoms with Gasteiger partial charge in [-0.3, -0.25) is 0 Å². The topological polar surface area (TPSA) is 70.8 Å². The summed E-state index contributed by atoms with van der Waals surface area (Å²) >= 11 is 5.90. The second-order valence-electron chi connectivity index (χ2n) is 4.06. The van der Waals surface area contributed by atoms with Gasteiger partial charge in [-0.25, -0.2) is 14.4 Å². The van der Waals surface area contributed by atoms with Crippen LogP contribution in [0.25, 0.3) is 0 Å². The SMILES string of the molecule is CCOCc1nc(Cl)cc(Nc2ccc(C#N)cc2F)n1. The molecule has 21 heavy (non-hydrogen) atoms. The number of nitrogens with zero attached hydrogens (tertiary/aromatic N) is 3. The van der Waals surface area contributed by atoms with E-state index >= 15 is 0 Å². The van der Waals surface area contributed by atoms with Gasteiger partial charge in [-0.05, 0) is 25.1 Å². The molecule has 0 aliphatic carbocycles. The normalized spacial score (nSPS) is 10.2. The number of aromatic nitrogens is 2. The molecular formula is C14H12ClFN4O. The van der Waals surface area contributed by atoms with Gasteiger partial charge in [-0.15, -0.1) is 0 Å². The molecule has 0 aliphatic heterocycles. The van der Waals surface area contributed by atoms with Crippen molar-refractivity contribution in [2.75, 3.05) is 11.9 Å². The Morgan fingerprint density at radius 2 is 2.19 bits per heavy atom. The Morgan fingerprint density at radius 3 is 2.86 bits per heavy atom. The molecule has 0 saturated carbocycles. The fourth-order valence-electron chi connectivity index (χ4n) is 1.61. The van der Waals surface area contributed by atoms with Crippen LogP contribution in [0.3, 0.4) is 0 Å². The quantitative estimate of drug-likeness (QED) is 0.857. The van der Waals surface area contributed by atoms with Gasteiger partial charge in [-0.1, -0.05) is 11.6 Å². The van der Waals surface area contributed by atoms with E-state index in [0.717, 1.165) is 6.07 Å². The lowest BCUT2D eigenvalue weighted by molar-refractivity contribution is 0.128. The van der Waals surface area contributed by atoms with Crippen molar-refractivity contribution in [3.8, 4) is 6.07 Å². The molecular weight excluding hydrogens is 295 g/mol. The molecule has 0 saturated heterocycles. The monoisotopic (exact) mass is 306 g/mol. The van der Waals surface area contributed by atoms with Crippen LogP contribution in [0.15, 0.2) is 24.3 Å². The van der Waals surface area contributed by atoms with Crippen LogP contribution in [0.1, 0.15) is 18.3 Å². The fourth-order valence-corrected chi connectivity index (χ4v) is 1.81. The van der Waals surface area contributed by atoms with E-state index in [1.54, 1.807) is 0 Å². The fraction of sp³-hybridized carbons (Fsp3) is 0.214. The molecule has 0 aliphatic rings. The summed E-state index contributed by atoms with van der Waals surface area (Å²) in [5, 5.41) is 11.7. The average molecular weight is 307 g/mol. The molecule has 0 amide bonds. The van der Waals surface area contributed by atoms with Crippen LogP contribution in [-0.4, -0.2) is 16.6 Å². The molecule has 2 rings (SSSR count). The Labute approximate surface area is 126 Å². The maximum Gasteiger partial charge on any atom is 0.158 e. The molecule has 0 spiro atoms. The molecule has 0 atom stereocenters. The van der Waals surface area contributed by atoms with Gasteiger partial charge < -0.3 is 10.1 Å². The lowest BCUT2D eigenvalue weighted by Crippen LogP contribution is -2.03. The Balaban J connectivity index is 2.23. The van der Waals surface area contributed by atoms with Crippen LogP contribution in [0.4, 0.5) is 15.9 Å². The zero-order chi connectivity index (χ0) is 15.2. The molecule has 5 nitrogen and oxygen atoms in total. The van der Waals surface area contributed by atoms with Gasteiger partial charge in [-0.2, -0.15) is 5.26 Å². The number of nitriles is 1. The van der Waals surface area contributed by atoms with Crippen molar-refractivity contribution in [2.24, 2.45) is 0 Å². The van der Waals surface area contributed by atoms with E-state index in [-0.39, 0.29) is 23.0 Å². The van der Waals surface area contributed by atoms with Gasteiger partial charge in [0.2, 0.25) is 0 Å². The summed E-state index contributed by atoms with van der Waals surface area (Å²) in [6, 6.07) is 7.47. The highest BCUT2D eigenvalue weighted by Crippen LogP contribution is 2.21. The molecule has 2 aromatic rings. The molecule has 1 aromatic heterocycles. The highest BCUT2D eigenvalue weighted by molar-refractivity contribution is 6.29. The number of benzene rings is 1. The third kappa shape index (κ3) is 4.12. The molecule has 1 heterocycles. The minimum absolute atomic E-state index is 0.200. The predicted molar refractivity (Wildman–Crippen MR) is 76.8 cm³/mol. The third-order valence-electron chi connectivity index (χ3n) is 2.54. The first-order chi connectivity index (χ1) is 10.1. The number of anilines is 2. The summed E-state index contributed by atoms with van der Waals surface area (Å²) in [6.45, 7) is 2.61. The van der Waals surface area contributed by atoms with E-state index in [1.807, 2.05) is 13.0 Å². The lowest BCUT2D eigenvalue weighted by atomic mass is 10.2. The summed E-state index contributed by atoms with van der Waals surface area (Å²) in [7, 11) is 0. The lowest BCUT2D eigenvalue weighted by Gasteiger charge is -2.09. The number of hydrogen-bond acceptors (Lipinski definition) is 5. The number of hydrogen-bond donors (Lipinski definition) is 1. The van der Waals surface area contributed by atoms with Gasteiger partial charge in [0.1, 0.15) is 23.4 Å². The van der Waals surface area contributed by atoms with Crippen molar-refractivity contribution >= 4 is 23.1 Å². The third-order valence-corrected chi connectivity index (χ3v) is 2.73. The van der Waals surface area contributed by atoms with Crippen LogP contribution in [0.5, 0.6) is 0 Å². The van der Waals surface area contributed by atoms with Gasteiger partial charge in [0, 0.05) is 12.7 Å². The maximum atomic E-state index is 13.8. The summed E-state index contributed by atoms with van der Waals surface area (Å²) in [5.74, 6) is 0.212. The van der Waals surface area contributed by atoms with E-state index < -0.39 is 5.82 Å². The van der Waals surface area contributed by atoms with Gasteiger partial charge in [0.05, 0.1) is 17.3 Å². The zero-order valence-electron chi connectivity index (χ0n) is 11.2. The van der Waals surface area contributed by atoms with Crippen molar-refractivity contribution in [3.63, 3.8) is 0 Å². The molecule has 1 N–H and O–H groups in total. The van der Waals surface area contributed by atoms with Crippen LogP contribution < -0.4 is 5.32 Å². The second kappa shape index (κ2) is 6.97. The van der Waals surface area contributed by atoms with Gasteiger partial charge in [0.25, 0.3) is 0 Å². The largest absolute Gasteiger partial charge is 0.374 e. The smallest absolute Gasteiger partial charge is 0.158 e. The van der Waals surface area contributed by atoms with Crippen LogP contribution in [0.2, 0.25) is 5.15 Å². The van der Waals surface area contributed by atoms with Gasteiger partial charge >= 0.3 is 0 Å². The van der Waals surface area contributed by atoms with Crippen molar-refractivity contribution in [2.45, 2.75) is 13.5 Å². The Morgan fingerprint density at radius 1 is 1.38 bits per heavy atom. The molecule has 7 heteroatoms. The van der Waals surface area contributed by atoms with Crippen molar-refractivity contribution in [3.05, 3.63) is 46.6 Å². The van der Waals surface area contributed by atoms with Gasteiger partial charge in [0.15, 0.2) is 5.82 Å². The molecule has 0 fully saturated rings. The Bertz CT molecular complexity index is 687. The summed E-state index contributed by atoms with van der Waals surface area (Å²) in [6.07, 6.45) is 0. The van der Waals surface area contributed by atoms with E-state index in [1.165, 1.54) is 18.2 Å². The standard InChI is InChI=1S/C14H12ClFN4O/c1-2-21-8-14-19-12(15)6-13(20-14)18-11-4-3-9(7-17)5-10(11)16/h3-6H,2,8H2,1H3,(H,18,19,20). The Kier molecular flexibility index (Phi) is 5.04. The number of nitrogens with one attached hydrogen (secondary N) is 1.